The van der Waals surface area contributed by atoms with Gasteiger partial charge in [0.15, 0.2) is 0 Å². The molecule has 1 unspecified atom stereocenters. The summed E-state index contributed by atoms with van der Waals surface area (Å²) in [5, 5.41) is 0. The number of halogens is 1. The molecule has 0 aliphatic carbocycles. The lowest BCUT2D eigenvalue weighted by atomic mass is 9.97. The molecule has 2 fully saturated rings. The molecule has 4 rings (SSSR count). The van der Waals surface area contributed by atoms with Crippen molar-refractivity contribution in [3.63, 3.8) is 0 Å². The molecule has 7 nitrogen and oxygen atoms in total. The molecule has 2 aliphatic rings. The fourth-order valence-electron chi connectivity index (χ4n) is 4.25. The van der Waals surface area contributed by atoms with Crippen molar-refractivity contribution in [2.45, 2.75) is 24.3 Å². The molecule has 2 aromatic rings. The Hall–Kier alpha value is -2.36. The molecule has 2 saturated heterocycles. The SMILES string of the molecule is O=C(C1CCCN(S(=O)(=O)c2ccc(F)cc2)C1)N1CCN(Cc2cccnc2)CC1. The lowest BCUT2D eigenvalue weighted by molar-refractivity contribution is -0.138. The third-order valence-corrected chi connectivity index (χ3v) is 7.88. The highest BCUT2D eigenvalue weighted by Gasteiger charge is 2.35. The minimum absolute atomic E-state index is 0.0278. The molecule has 0 radical (unpaired) electrons. The second-order valence-electron chi connectivity index (χ2n) is 8.12. The van der Waals surface area contributed by atoms with Gasteiger partial charge in [-0.15, -0.1) is 0 Å². The van der Waals surface area contributed by atoms with Crippen LogP contribution in [0.3, 0.4) is 0 Å². The van der Waals surface area contributed by atoms with Crippen molar-refractivity contribution in [1.29, 1.82) is 0 Å². The molecule has 0 saturated carbocycles. The number of nitrogens with zero attached hydrogens (tertiary/aromatic N) is 4. The number of benzene rings is 1. The number of rotatable bonds is 5. The van der Waals surface area contributed by atoms with Crippen LogP contribution in [0.1, 0.15) is 18.4 Å². The van der Waals surface area contributed by atoms with Gasteiger partial charge in [0, 0.05) is 58.2 Å². The highest BCUT2D eigenvalue weighted by Crippen LogP contribution is 2.25. The predicted octanol–water partition coefficient (Wildman–Crippen LogP) is 1.97. The predicted molar refractivity (Wildman–Crippen MR) is 114 cm³/mol. The Morgan fingerprint density at radius 2 is 1.81 bits per heavy atom. The third kappa shape index (κ3) is 5.11. The molecule has 1 atom stereocenters. The van der Waals surface area contributed by atoms with Gasteiger partial charge in [-0.25, -0.2) is 12.8 Å². The number of piperazine rings is 1. The number of pyridine rings is 1. The monoisotopic (exact) mass is 446 g/mol. The summed E-state index contributed by atoms with van der Waals surface area (Å²) >= 11 is 0. The Morgan fingerprint density at radius 1 is 1.06 bits per heavy atom. The standard InChI is InChI=1S/C22H27FN4O3S/c23-20-5-7-21(8-6-20)31(29,30)27-10-2-4-19(17-27)22(28)26-13-11-25(12-14-26)16-18-3-1-9-24-15-18/h1,3,5-9,15,19H,2,4,10-14,16-17H2. The number of hydrogen-bond donors (Lipinski definition) is 0. The van der Waals surface area contributed by atoms with Gasteiger partial charge in [-0.3, -0.25) is 14.7 Å². The van der Waals surface area contributed by atoms with E-state index < -0.39 is 15.8 Å². The van der Waals surface area contributed by atoms with Gasteiger partial charge in [-0.05, 0) is 48.7 Å². The number of amides is 1. The zero-order valence-corrected chi connectivity index (χ0v) is 18.2. The Kier molecular flexibility index (Phi) is 6.64. The normalized spacial score (nSPS) is 21.2. The summed E-state index contributed by atoms with van der Waals surface area (Å²) in [7, 11) is -3.74. The van der Waals surface area contributed by atoms with Crippen molar-refractivity contribution in [1.82, 2.24) is 19.1 Å². The molecule has 1 aromatic heterocycles. The Labute approximate surface area is 182 Å². The molecule has 9 heteroatoms. The average Bonchev–Trinajstić information content (AvgIpc) is 2.80. The lowest BCUT2D eigenvalue weighted by Gasteiger charge is -2.38. The molecule has 0 N–H and O–H groups in total. The van der Waals surface area contributed by atoms with E-state index in [2.05, 4.69) is 9.88 Å². The number of hydrogen-bond acceptors (Lipinski definition) is 5. The average molecular weight is 447 g/mol. The van der Waals surface area contributed by atoms with Crippen LogP contribution in [0.4, 0.5) is 4.39 Å². The summed E-state index contributed by atoms with van der Waals surface area (Å²) in [6.45, 7) is 4.20. The van der Waals surface area contributed by atoms with E-state index in [1.165, 1.54) is 16.4 Å². The quantitative estimate of drug-likeness (QED) is 0.702. The Morgan fingerprint density at radius 3 is 2.48 bits per heavy atom. The number of piperidine rings is 1. The van der Waals surface area contributed by atoms with Crippen molar-refractivity contribution < 1.29 is 17.6 Å². The first-order valence-corrected chi connectivity index (χ1v) is 12.0. The van der Waals surface area contributed by atoms with E-state index >= 15 is 0 Å². The molecule has 1 aromatic carbocycles. The second kappa shape index (κ2) is 9.42. The zero-order chi connectivity index (χ0) is 21.8. The molecule has 3 heterocycles. The van der Waals surface area contributed by atoms with Crippen molar-refractivity contribution in [3.05, 3.63) is 60.2 Å². The minimum Gasteiger partial charge on any atom is -0.340 e. The number of aromatic nitrogens is 1. The van der Waals surface area contributed by atoms with Crippen LogP contribution in [0.5, 0.6) is 0 Å². The van der Waals surface area contributed by atoms with Crippen molar-refractivity contribution in [2.75, 3.05) is 39.3 Å². The fourth-order valence-corrected chi connectivity index (χ4v) is 5.78. The summed E-state index contributed by atoms with van der Waals surface area (Å²) in [4.78, 5) is 21.5. The van der Waals surface area contributed by atoms with Crippen molar-refractivity contribution >= 4 is 15.9 Å². The number of carbonyl (C=O) groups excluding carboxylic acids is 1. The third-order valence-electron chi connectivity index (χ3n) is 6.00. The van der Waals surface area contributed by atoms with Gasteiger partial charge in [0.2, 0.25) is 15.9 Å². The highest BCUT2D eigenvalue weighted by atomic mass is 32.2. The van der Waals surface area contributed by atoms with Crippen LogP contribution < -0.4 is 0 Å². The molecule has 0 spiro atoms. The fraction of sp³-hybridized carbons (Fsp3) is 0.455. The van der Waals surface area contributed by atoms with Gasteiger partial charge in [-0.2, -0.15) is 4.31 Å². The molecule has 31 heavy (non-hydrogen) atoms. The number of sulfonamides is 1. The van der Waals surface area contributed by atoms with Crippen LogP contribution in [0.25, 0.3) is 0 Å². The van der Waals surface area contributed by atoms with Crippen molar-refractivity contribution in [3.8, 4) is 0 Å². The van der Waals surface area contributed by atoms with Crippen LogP contribution in [0.2, 0.25) is 0 Å². The summed E-state index contributed by atoms with van der Waals surface area (Å²) in [5.74, 6) is -0.790. The smallest absolute Gasteiger partial charge is 0.243 e. The lowest BCUT2D eigenvalue weighted by Crippen LogP contribution is -2.52. The summed E-state index contributed by atoms with van der Waals surface area (Å²) in [6.07, 6.45) is 4.93. The van der Waals surface area contributed by atoms with E-state index in [0.29, 0.717) is 32.5 Å². The van der Waals surface area contributed by atoms with Crippen LogP contribution in [-0.4, -0.2) is 72.7 Å². The molecular formula is C22H27FN4O3S. The first kappa shape index (κ1) is 21.9. The zero-order valence-electron chi connectivity index (χ0n) is 17.4. The van der Waals surface area contributed by atoms with E-state index in [1.807, 2.05) is 23.2 Å². The summed E-state index contributed by atoms with van der Waals surface area (Å²) in [6, 6.07) is 8.80. The molecule has 0 bridgehead atoms. The Balaban J connectivity index is 1.34. The van der Waals surface area contributed by atoms with Gasteiger partial charge in [0.05, 0.1) is 10.8 Å². The van der Waals surface area contributed by atoms with E-state index in [0.717, 1.165) is 37.3 Å². The largest absolute Gasteiger partial charge is 0.340 e. The maximum Gasteiger partial charge on any atom is 0.243 e. The molecule has 166 valence electrons. The second-order valence-corrected chi connectivity index (χ2v) is 10.1. The molecule has 2 aliphatic heterocycles. The topological polar surface area (TPSA) is 73.8 Å². The van der Waals surface area contributed by atoms with Gasteiger partial charge in [0.1, 0.15) is 5.82 Å². The van der Waals surface area contributed by atoms with E-state index in [9.17, 15) is 17.6 Å². The summed E-state index contributed by atoms with van der Waals surface area (Å²) in [5.41, 5.74) is 1.15. The van der Waals surface area contributed by atoms with Crippen LogP contribution in [0.15, 0.2) is 53.7 Å². The first-order chi connectivity index (χ1) is 14.9. The van der Waals surface area contributed by atoms with Gasteiger partial charge >= 0.3 is 0 Å². The van der Waals surface area contributed by atoms with Gasteiger partial charge in [-0.1, -0.05) is 6.07 Å². The summed E-state index contributed by atoms with van der Waals surface area (Å²) < 4.78 is 40.4. The van der Waals surface area contributed by atoms with Crippen LogP contribution in [-0.2, 0) is 21.4 Å². The number of carbonyl (C=O) groups is 1. The van der Waals surface area contributed by atoms with Gasteiger partial charge < -0.3 is 4.90 Å². The maximum atomic E-state index is 13.2. The van der Waals surface area contributed by atoms with Gasteiger partial charge in [0.25, 0.3) is 0 Å². The Bertz CT molecular complexity index is 993. The van der Waals surface area contributed by atoms with E-state index in [4.69, 9.17) is 0 Å². The van der Waals surface area contributed by atoms with E-state index in [-0.39, 0.29) is 23.3 Å². The van der Waals surface area contributed by atoms with Crippen LogP contribution in [0, 0.1) is 11.7 Å². The van der Waals surface area contributed by atoms with Crippen LogP contribution >= 0.6 is 0 Å². The highest BCUT2D eigenvalue weighted by molar-refractivity contribution is 7.89. The van der Waals surface area contributed by atoms with Crippen molar-refractivity contribution in [2.24, 2.45) is 5.92 Å². The maximum absolute atomic E-state index is 13.2. The molecular weight excluding hydrogens is 419 g/mol. The van der Waals surface area contributed by atoms with E-state index in [1.54, 1.807) is 6.20 Å². The molecule has 1 amide bonds. The first-order valence-electron chi connectivity index (χ1n) is 10.6. The minimum atomic E-state index is -3.74.